The van der Waals surface area contributed by atoms with Gasteiger partial charge in [0.05, 0.1) is 16.1 Å². The van der Waals surface area contributed by atoms with E-state index in [1.54, 1.807) is 71.0 Å². The van der Waals surface area contributed by atoms with Gasteiger partial charge in [0.1, 0.15) is 28.6 Å². The smallest absolute Gasteiger partial charge is 0.306 e. The number of halogens is 4. The van der Waals surface area contributed by atoms with E-state index in [0.717, 1.165) is 0 Å². The molecule has 2 atom stereocenters. The minimum absolute atomic E-state index is 0.00995. The van der Waals surface area contributed by atoms with Gasteiger partial charge >= 0.3 is 5.97 Å². The highest BCUT2D eigenvalue weighted by Crippen LogP contribution is 2.36. The highest BCUT2D eigenvalue weighted by molar-refractivity contribution is 6.54. The Morgan fingerprint density at radius 1 is 0.927 bits per heavy atom. The van der Waals surface area contributed by atoms with Gasteiger partial charge in [0, 0.05) is 42.9 Å². The monoisotopic (exact) mass is 837 g/mol. The number of anilines is 1. The van der Waals surface area contributed by atoms with Gasteiger partial charge in [0.15, 0.2) is 16.4 Å². The zero-order chi connectivity index (χ0) is 41.2. The Morgan fingerprint density at radius 3 is 2.13 bits per heavy atom. The Bertz CT molecular complexity index is 1870. The molecule has 0 fully saturated rings. The van der Waals surface area contributed by atoms with Crippen molar-refractivity contribution in [3.05, 3.63) is 70.8 Å². The summed E-state index contributed by atoms with van der Waals surface area (Å²) in [5.41, 5.74) is 2.77. The predicted molar refractivity (Wildman–Crippen MR) is 215 cm³/mol. The maximum atomic E-state index is 13.8. The van der Waals surface area contributed by atoms with E-state index in [-0.39, 0.29) is 49.2 Å². The molecule has 3 rings (SSSR count). The Balaban J connectivity index is 1.84. The third-order valence-electron chi connectivity index (χ3n) is 7.63. The van der Waals surface area contributed by atoms with Crippen LogP contribution in [0.2, 0.25) is 10.0 Å². The minimum atomic E-state index is -1.45. The normalized spacial score (nSPS) is 12.8. The maximum absolute atomic E-state index is 13.8. The lowest BCUT2D eigenvalue weighted by atomic mass is 9.96. The minimum Gasteiger partial charge on any atom is -0.468 e. The molecule has 55 heavy (non-hydrogen) atoms. The van der Waals surface area contributed by atoms with Crippen LogP contribution < -0.4 is 15.5 Å². The number of hydrogen-bond donors (Lipinski definition) is 2. The summed E-state index contributed by atoms with van der Waals surface area (Å²) in [6, 6.07) is 7.77. The second-order valence-corrected chi connectivity index (χ2v) is 16.8. The number of carbonyl (C=O) groups is 4. The fourth-order valence-corrected chi connectivity index (χ4v) is 6.04. The summed E-state index contributed by atoms with van der Waals surface area (Å²) < 4.78 is 16.8. The van der Waals surface area contributed by atoms with E-state index in [1.807, 2.05) is 20.8 Å². The average molecular weight is 840 g/mol. The highest BCUT2D eigenvalue weighted by atomic mass is 35.5. The van der Waals surface area contributed by atoms with E-state index in [0.29, 0.717) is 32.7 Å². The zero-order valence-electron chi connectivity index (χ0n) is 32.1. The van der Waals surface area contributed by atoms with Crippen LogP contribution in [0.3, 0.4) is 0 Å². The molecule has 0 saturated heterocycles. The Labute approximate surface area is 341 Å². The molecule has 12 nitrogen and oxygen atoms in total. The van der Waals surface area contributed by atoms with Gasteiger partial charge in [0.2, 0.25) is 11.8 Å². The number of Topliss-reactive ketones (excluding diaryl/α,β-unsaturated/α-hetero) is 1. The number of esters is 1. The van der Waals surface area contributed by atoms with Gasteiger partial charge in [-0.2, -0.15) is 0 Å². The standard InChI is InChI=1S/C39H47Cl4N5O7/c1-10-31(53-38(4,5)6)45-26(14-15-32(50)54-39(7,8)9)36(51)46-34(22(2)3)29(49)17-19-48(37(52)35(42)43)23-16-18-44-27(20-23)30-21-28(47-55-30)33-24(40)12-11-13-25(33)41/h11-13,16,18,20-22,26,34-35,45H,1,14-15,17,19H2,2-9H3,(H,46,51). The molecule has 2 heterocycles. The van der Waals surface area contributed by atoms with Gasteiger partial charge in [-0.1, -0.05) is 83.8 Å². The molecule has 0 radical (unpaired) electrons. The van der Waals surface area contributed by atoms with Gasteiger partial charge in [-0.05, 0) is 78.1 Å². The second-order valence-electron chi connectivity index (χ2n) is 14.9. The molecule has 0 spiro atoms. The Hall–Kier alpha value is -4.06. The SMILES string of the molecule is C=C=C(NC(CCC(=O)OC(C)(C)C)C(=O)NC(C(=O)CCN(C(=O)C(Cl)Cl)c1ccnc(-c2cc(-c3c(Cl)cccc3Cl)no2)c1)C(C)C)OC(C)(C)C. The Morgan fingerprint density at radius 2 is 1.56 bits per heavy atom. The van der Waals surface area contributed by atoms with E-state index in [1.165, 1.54) is 11.1 Å². The molecule has 0 bridgehead atoms. The molecule has 16 heteroatoms. The van der Waals surface area contributed by atoms with Crippen molar-refractivity contribution in [1.82, 2.24) is 20.8 Å². The number of rotatable bonds is 17. The van der Waals surface area contributed by atoms with Crippen molar-refractivity contribution < 1.29 is 33.2 Å². The van der Waals surface area contributed by atoms with Crippen molar-refractivity contribution >= 4 is 75.7 Å². The summed E-state index contributed by atoms with van der Waals surface area (Å²) in [6.07, 6.45) is 1.17. The summed E-state index contributed by atoms with van der Waals surface area (Å²) in [5, 5.41) is 10.6. The number of nitrogens with zero attached hydrogens (tertiary/aromatic N) is 3. The summed E-state index contributed by atoms with van der Waals surface area (Å²) in [7, 11) is 0. The summed E-state index contributed by atoms with van der Waals surface area (Å²) >= 11 is 24.8. The number of pyridine rings is 1. The molecule has 0 aliphatic carbocycles. The first-order valence-electron chi connectivity index (χ1n) is 17.5. The van der Waals surface area contributed by atoms with Gasteiger partial charge in [-0.3, -0.25) is 24.2 Å². The van der Waals surface area contributed by atoms with E-state index >= 15 is 0 Å². The largest absolute Gasteiger partial charge is 0.468 e. The van der Waals surface area contributed by atoms with Gasteiger partial charge < -0.3 is 29.5 Å². The fraction of sp³-hybridized carbons (Fsp3) is 0.462. The van der Waals surface area contributed by atoms with Crippen LogP contribution in [0, 0.1) is 5.92 Å². The Kier molecular flexibility index (Phi) is 16.2. The first-order valence-corrected chi connectivity index (χ1v) is 19.1. The average Bonchev–Trinajstić information content (AvgIpc) is 3.56. The summed E-state index contributed by atoms with van der Waals surface area (Å²) in [6.45, 7) is 17.7. The third kappa shape index (κ3) is 13.9. The fourth-order valence-electron chi connectivity index (χ4n) is 5.22. The van der Waals surface area contributed by atoms with E-state index in [4.69, 9.17) is 60.4 Å². The number of benzene rings is 1. The quantitative estimate of drug-likeness (QED) is 0.0586. The van der Waals surface area contributed by atoms with Crippen molar-refractivity contribution in [2.24, 2.45) is 5.92 Å². The molecular weight excluding hydrogens is 792 g/mol. The molecule has 2 amide bonds. The molecule has 0 aliphatic heterocycles. The van der Waals surface area contributed by atoms with Crippen molar-refractivity contribution in [3.63, 3.8) is 0 Å². The van der Waals surface area contributed by atoms with Crippen LogP contribution in [-0.2, 0) is 28.7 Å². The number of alkyl halides is 2. The molecule has 2 N–H and O–H groups in total. The van der Waals surface area contributed by atoms with E-state index in [2.05, 4.69) is 33.1 Å². The molecular formula is C39H47Cl4N5O7. The second kappa shape index (κ2) is 19.7. The number of aromatic nitrogens is 2. The molecule has 2 aromatic heterocycles. The summed E-state index contributed by atoms with van der Waals surface area (Å²) in [4.78, 5) is 57.7. The number of ether oxygens (including phenoxy) is 2. The number of nitrogens with one attached hydrogen (secondary N) is 2. The van der Waals surface area contributed by atoms with E-state index < -0.39 is 45.9 Å². The number of amides is 2. The van der Waals surface area contributed by atoms with Gasteiger partial charge in [-0.15, -0.1) is 0 Å². The van der Waals surface area contributed by atoms with Crippen LogP contribution in [0.25, 0.3) is 22.7 Å². The van der Waals surface area contributed by atoms with Crippen LogP contribution in [0.4, 0.5) is 5.69 Å². The van der Waals surface area contributed by atoms with Crippen LogP contribution in [0.1, 0.15) is 74.7 Å². The number of ketones is 1. The van der Waals surface area contributed by atoms with Crippen LogP contribution >= 0.6 is 46.4 Å². The first-order chi connectivity index (χ1) is 25.6. The molecule has 0 saturated carbocycles. The molecule has 298 valence electrons. The summed E-state index contributed by atoms with van der Waals surface area (Å²) in [5.74, 6) is -2.14. The lowest BCUT2D eigenvalue weighted by Crippen LogP contribution is -2.52. The highest BCUT2D eigenvalue weighted by Gasteiger charge is 2.31. The van der Waals surface area contributed by atoms with E-state index in [9.17, 15) is 19.2 Å². The predicted octanol–water partition coefficient (Wildman–Crippen LogP) is 8.47. The maximum Gasteiger partial charge on any atom is 0.306 e. The number of carbonyl (C=O) groups excluding carboxylic acids is 4. The lowest BCUT2D eigenvalue weighted by molar-refractivity contribution is -0.155. The van der Waals surface area contributed by atoms with Crippen molar-refractivity contribution in [2.75, 3.05) is 11.4 Å². The number of hydrogen-bond acceptors (Lipinski definition) is 10. The van der Waals surface area contributed by atoms with Crippen LogP contribution in [0.15, 0.2) is 65.3 Å². The van der Waals surface area contributed by atoms with Crippen LogP contribution in [0.5, 0.6) is 0 Å². The van der Waals surface area contributed by atoms with Gasteiger partial charge in [-0.25, -0.2) is 0 Å². The zero-order valence-corrected chi connectivity index (χ0v) is 35.1. The van der Waals surface area contributed by atoms with Crippen LogP contribution in [-0.4, -0.2) is 68.4 Å². The van der Waals surface area contributed by atoms with Crippen molar-refractivity contribution in [2.45, 2.75) is 103 Å². The topological polar surface area (TPSA) is 153 Å². The molecule has 1 aromatic carbocycles. The van der Waals surface area contributed by atoms with Crippen molar-refractivity contribution in [1.29, 1.82) is 0 Å². The molecule has 0 aliphatic rings. The lowest BCUT2D eigenvalue weighted by Gasteiger charge is -2.29. The van der Waals surface area contributed by atoms with Gasteiger partial charge in [0.25, 0.3) is 5.91 Å². The van der Waals surface area contributed by atoms with Crippen molar-refractivity contribution in [3.8, 4) is 22.7 Å². The molecule has 2 unspecified atom stereocenters. The molecule has 3 aromatic rings. The first kappa shape index (κ1) is 45.3. The third-order valence-corrected chi connectivity index (χ3v) is 8.63.